The molecule has 1 amide bonds. The molecule has 0 spiro atoms. The van der Waals surface area contributed by atoms with Crippen molar-refractivity contribution in [2.24, 2.45) is 0 Å². The molecule has 1 aromatic heterocycles. The van der Waals surface area contributed by atoms with Crippen LogP contribution in [0.1, 0.15) is 36.0 Å². The van der Waals surface area contributed by atoms with Gasteiger partial charge in [-0.05, 0) is 30.5 Å². The molecule has 0 unspecified atom stereocenters. The monoisotopic (exact) mass is 429 g/mol. The Bertz CT molecular complexity index is 817. The molecule has 0 radical (unpaired) electrons. The van der Waals surface area contributed by atoms with Gasteiger partial charge in [0.2, 0.25) is 5.91 Å². The van der Waals surface area contributed by atoms with Crippen LogP contribution in [-0.2, 0) is 24.3 Å². The Kier molecular flexibility index (Phi) is 6.63. The number of benzene rings is 1. The van der Waals surface area contributed by atoms with Gasteiger partial charge >= 0.3 is 0 Å². The maximum absolute atomic E-state index is 12.6. The van der Waals surface area contributed by atoms with Crippen LogP contribution >= 0.6 is 35.6 Å². The lowest BCUT2D eigenvalue weighted by Gasteiger charge is -2.32. The summed E-state index contributed by atoms with van der Waals surface area (Å²) < 4.78 is 2.24. The molecule has 0 atom stereocenters. The minimum Gasteiger partial charge on any atom is -0.342 e. The fourth-order valence-electron chi connectivity index (χ4n) is 3.74. The van der Waals surface area contributed by atoms with Crippen LogP contribution in [0.25, 0.3) is 0 Å². The Morgan fingerprint density at radius 3 is 2.70 bits per heavy atom. The first kappa shape index (κ1) is 20.4. The van der Waals surface area contributed by atoms with Crippen LogP contribution in [0.5, 0.6) is 0 Å². The van der Waals surface area contributed by atoms with Crippen LogP contribution in [0.2, 0.25) is 10.0 Å². The maximum atomic E-state index is 12.6. The van der Waals surface area contributed by atoms with Gasteiger partial charge in [0.25, 0.3) is 0 Å². The Morgan fingerprint density at radius 2 is 1.96 bits per heavy atom. The summed E-state index contributed by atoms with van der Waals surface area (Å²) in [5.74, 6) is 2.58. The molecule has 1 fully saturated rings. The number of fused-ring (bicyclic) bond motifs is 1. The Hall–Kier alpha value is -1.34. The molecule has 1 aromatic carbocycles. The van der Waals surface area contributed by atoms with E-state index in [0.29, 0.717) is 22.4 Å². The second kappa shape index (κ2) is 8.78. The van der Waals surface area contributed by atoms with Crippen LogP contribution in [-0.4, -0.2) is 45.2 Å². The van der Waals surface area contributed by atoms with Gasteiger partial charge in [-0.2, -0.15) is 0 Å². The number of amides is 1. The van der Waals surface area contributed by atoms with Crippen LogP contribution in [0.15, 0.2) is 18.2 Å². The average molecular weight is 431 g/mol. The molecule has 9 heteroatoms. The van der Waals surface area contributed by atoms with Crippen molar-refractivity contribution in [1.82, 2.24) is 25.0 Å². The summed E-state index contributed by atoms with van der Waals surface area (Å²) in [5, 5.41) is 13.2. The number of likely N-dealkylation sites (tertiary alicyclic amines) is 1. The number of aromatic nitrogens is 3. The number of carbonyl (C=O) groups is 1. The van der Waals surface area contributed by atoms with Gasteiger partial charge in [-0.15, -0.1) is 22.6 Å². The lowest BCUT2D eigenvalue weighted by Crippen LogP contribution is -2.39. The van der Waals surface area contributed by atoms with Gasteiger partial charge in [-0.3, -0.25) is 4.79 Å². The number of nitrogens with zero attached hydrogens (tertiary/aromatic N) is 4. The zero-order valence-corrected chi connectivity index (χ0v) is 17.2. The van der Waals surface area contributed by atoms with Gasteiger partial charge in [0.15, 0.2) is 0 Å². The SMILES string of the molecule is Cl.O=C(Cc1ccc(Cl)cc1Cl)N1CCC(c2nnc3n2CCNC3)CC1. The van der Waals surface area contributed by atoms with Crippen molar-refractivity contribution < 1.29 is 4.79 Å². The molecule has 0 saturated carbocycles. The molecule has 2 aliphatic rings. The third-order valence-electron chi connectivity index (χ3n) is 5.22. The summed E-state index contributed by atoms with van der Waals surface area (Å²) in [5.41, 5.74) is 0.821. The largest absolute Gasteiger partial charge is 0.342 e. The predicted molar refractivity (Wildman–Crippen MR) is 108 cm³/mol. The van der Waals surface area contributed by atoms with Gasteiger partial charge in [-0.1, -0.05) is 29.3 Å². The quantitative estimate of drug-likeness (QED) is 0.813. The van der Waals surface area contributed by atoms with E-state index in [1.54, 1.807) is 12.1 Å². The van der Waals surface area contributed by atoms with E-state index in [2.05, 4.69) is 20.1 Å². The number of piperidine rings is 1. The summed E-state index contributed by atoms with van der Waals surface area (Å²) in [4.78, 5) is 14.6. The first-order chi connectivity index (χ1) is 12.6. The highest BCUT2D eigenvalue weighted by Crippen LogP contribution is 2.29. The molecule has 2 aliphatic heterocycles. The second-order valence-corrected chi connectivity index (χ2v) is 7.71. The molecule has 0 aliphatic carbocycles. The van der Waals surface area contributed by atoms with Crippen molar-refractivity contribution in [2.75, 3.05) is 19.6 Å². The van der Waals surface area contributed by atoms with E-state index in [1.807, 2.05) is 11.0 Å². The molecule has 146 valence electrons. The Labute approximate surface area is 174 Å². The zero-order valence-electron chi connectivity index (χ0n) is 14.8. The molecular formula is C18H22Cl3N5O. The molecule has 27 heavy (non-hydrogen) atoms. The highest BCUT2D eigenvalue weighted by molar-refractivity contribution is 6.35. The van der Waals surface area contributed by atoms with E-state index in [4.69, 9.17) is 23.2 Å². The third kappa shape index (κ3) is 4.40. The van der Waals surface area contributed by atoms with Gasteiger partial charge in [0.1, 0.15) is 11.6 Å². The third-order valence-corrected chi connectivity index (χ3v) is 5.81. The van der Waals surface area contributed by atoms with Crippen LogP contribution in [0, 0.1) is 0 Å². The standard InChI is InChI=1S/C18H21Cl2N5O.ClH/c19-14-2-1-13(15(20)10-14)9-17(26)24-6-3-12(4-7-24)18-23-22-16-11-21-5-8-25(16)18;/h1-2,10,12,21H,3-9,11H2;1H. The van der Waals surface area contributed by atoms with Crippen molar-refractivity contribution in [2.45, 2.75) is 38.3 Å². The van der Waals surface area contributed by atoms with Gasteiger partial charge < -0.3 is 14.8 Å². The number of hydrogen-bond donors (Lipinski definition) is 1. The van der Waals surface area contributed by atoms with Crippen molar-refractivity contribution in [3.8, 4) is 0 Å². The van der Waals surface area contributed by atoms with Crippen molar-refractivity contribution in [1.29, 1.82) is 0 Å². The van der Waals surface area contributed by atoms with Crippen LogP contribution in [0.3, 0.4) is 0 Å². The van der Waals surface area contributed by atoms with E-state index in [1.165, 1.54) is 0 Å². The number of hydrogen-bond acceptors (Lipinski definition) is 4. The van der Waals surface area contributed by atoms with Crippen LogP contribution in [0.4, 0.5) is 0 Å². The topological polar surface area (TPSA) is 63.1 Å². The van der Waals surface area contributed by atoms with Gasteiger partial charge in [0.05, 0.1) is 13.0 Å². The summed E-state index contributed by atoms with van der Waals surface area (Å²) >= 11 is 12.1. The van der Waals surface area contributed by atoms with Crippen molar-refractivity contribution in [3.63, 3.8) is 0 Å². The number of carbonyl (C=O) groups excluding carboxylic acids is 1. The molecule has 1 saturated heterocycles. The minimum absolute atomic E-state index is 0. The summed E-state index contributed by atoms with van der Waals surface area (Å²) in [6, 6.07) is 5.28. The molecule has 2 aromatic rings. The van der Waals surface area contributed by atoms with Crippen molar-refractivity contribution in [3.05, 3.63) is 45.5 Å². The molecule has 0 bridgehead atoms. The minimum atomic E-state index is 0. The molecule has 1 N–H and O–H groups in total. The summed E-state index contributed by atoms with van der Waals surface area (Å²) in [6.45, 7) is 4.15. The smallest absolute Gasteiger partial charge is 0.227 e. The molecular weight excluding hydrogens is 409 g/mol. The number of nitrogens with one attached hydrogen (secondary N) is 1. The molecule has 6 nitrogen and oxygen atoms in total. The van der Waals surface area contributed by atoms with E-state index >= 15 is 0 Å². The van der Waals surface area contributed by atoms with E-state index in [0.717, 1.165) is 62.8 Å². The van der Waals surface area contributed by atoms with E-state index in [-0.39, 0.29) is 18.3 Å². The lowest BCUT2D eigenvalue weighted by molar-refractivity contribution is -0.131. The summed E-state index contributed by atoms with van der Waals surface area (Å²) in [7, 11) is 0. The number of halogens is 3. The molecule has 4 rings (SSSR count). The van der Waals surface area contributed by atoms with E-state index < -0.39 is 0 Å². The Morgan fingerprint density at radius 1 is 1.19 bits per heavy atom. The van der Waals surface area contributed by atoms with E-state index in [9.17, 15) is 4.79 Å². The fourth-order valence-corrected chi connectivity index (χ4v) is 4.22. The lowest BCUT2D eigenvalue weighted by atomic mass is 9.95. The highest BCUT2D eigenvalue weighted by atomic mass is 35.5. The zero-order chi connectivity index (χ0) is 18.1. The maximum Gasteiger partial charge on any atom is 0.227 e. The Balaban J connectivity index is 0.00000210. The first-order valence-corrected chi connectivity index (χ1v) is 9.72. The van der Waals surface area contributed by atoms with Crippen molar-refractivity contribution >= 4 is 41.5 Å². The number of rotatable bonds is 3. The summed E-state index contributed by atoms with van der Waals surface area (Å²) in [6.07, 6.45) is 2.16. The molecule has 3 heterocycles. The second-order valence-electron chi connectivity index (χ2n) is 6.87. The predicted octanol–water partition coefficient (Wildman–Crippen LogP) is 3.06. The van der Waals surface area contributed by atoms with Gasteiger partial charge in [-0.25, -0.2) is 0 Å². The average Bonchev–Trinajstić information content (AvgIpc) is 3.08. The first-order valence-electron chi connectivity index (χ1n) is 8.96. The van der Waals surface area contributed by atoms with Crippen LogP contribution < -0.4 is 5.32 Å². The van der Waals surface area contributed by atoms with Gasteiger partial charge in [0, 0.05) is 42.1 Å². The highest BCUT2D eigenvalue weighted by Gasteiger charge is 2.28. The normalized spacial score (nSPS) is 17.3. The fraction of sp³-hybridized carbons (Fsp3) is 0.500.